The standard InChI is InChI=1S/C40H63N5O7/c1-9-26(4)37(43(6)40(49)36(41)25(2)3)34(50-7)23-35(47)44-18-14-17-32(44)38(51-8)27(5)33(46)22-28(39(48)45-19-12-13-20-52-45)21-29-24-42-31-16-11-10-15-30(29)31/h10-11,15-16,24-28,32,34,36-38,42H,9,12-14,17-23,41H2,1-8H3/t26-,27-,28+,32-,34+,36-,37-,38+/m0/s1. The smallest absolute Gasteiger partial charge is 0.250 e. The largest absolute Gasteiger partial charge is 0.379 e. The fraction of sp³-hybridized carbons (Fsp3) is 0.700. The minimum Gasteiger partial charge on any atom is -0.379 e. The quantitative estimate of drug-likeness (QED) is 0.224. The highest BCUT2D eigenvalue weighted by Gasteiger charge is 2.43. The average molecular weight is 726 g/mol. The number of ether oxygens (including phenoxy) is 2. The molecule has 2 aliphatic rings. The number of likely N-dealkylation sites (N-methyl/N-ethyl adjacent to an activating group) is 1. The second kappa shape index (κ2) is 19.1. The number of fused-ring (bicyclic) bond motifs is 1. The third kappa shape index (κ3) is 9.61. The first-order chi connectivity index (χ1) is 24.8. The first-order valence-corrected chi connectivity index (χ1v) is 19.2. The van der Waals surface area contributed by atoms with Crippen LogP contribution in [-0.2, 0) is 39.9 Å². The number of benzene rings is 1. The molecule has 0 bridgehead atoms. The summed E-state index contributed by atoms with van der Waals surface area (Å²) in [6.07, 6.45) is 5.31. The number of aromatic nitrogens is 1. The van der Waals surface area contributed by atoms with E-state index < -0.39 is 30.1 Å². The molecule has 8 atom stereocenters. The van der Waals surface area contributed by atoms with Crippen molar-refractivity contribution in [1.29, 1.82) is 0 Å². The van der Waals surface area contributed by atoms with Crippen LogP contribution in [0.3, 0.4) is 0 Å². The Kier molecular flexibility index (Phi) is 15.3. The zero-order valence-electron chi connectivity index (χ0n) is 32.6. The fourth-order valence-electron chi connectivity index (χ4n) is 8.08. The molecule has 1 aromatic carbocycles. The van der Waals surface area contributed by atoms with Crippen LogP contribution >= 0.6 is 0 Å². The second-order valence-corrected chi connectivity index (χ2v) is 15.3. The van der Waals surface area contributed by atoms with Gasteiger partial charge in [-0.25, -0.2) is 5.06 Å². The summed E-state index contributed by atoms with van der Waals surface area (Å²) in [6.45, 7) is 11.3. The highest BCUT2D eigenvalue weighted by Crippen LogP contribution is 2.32. The van der Waals surface area contributed by atoms with Gasteiger partial charge in [0.1, 0.15) is 5.78 Å². The third-order valence-electron chi connectivity index (χ3n) is 11.5. The van der Waals surface area contributed by atoms with E-state index in [0.717, 1.165) is 42.1 Å². The summed E-state index contributed by atoms with van der Waals surface area (Å²) in [5.74, 6) is -1.71. The van der Waals surface area contributed by atoms with E-state index in [-0.39, 0.29) is 60.3 Å². The molecule has 290 valence electrons. The fourth-order valence-corrected chi connectivity index (χ4v) is 8.08. The molecule has 12 heteroatoms. The Balaban J connectivity index is 1.50. The van der Waals surface area contributed by atoms with Crippen molar-refractivity contribution < 1.29 is 33.5 Å². The molecule has 1 aromatic heterocycles. The molecule has 12 nitrogen and oxygen atoms in total. The summed E-state index contributed by atoms with van der Waals surface area (Å²) in [7, 11) is 4.91. The van der Waals surface area contributed by atoms with Crippen LogP contribution in [0.15, 0.2) is 30.5 Å². The van der Waals surface area contributed by atoms with Gasteiger partial charge in [0.25, 0.3) is 0 Å². The molecule has 3 N–H and O–H groups in total. The maximum absolute atomic E-state index is 14.2. The molecular formula is C40H63N5O7. The van der Waals surface area contributed by atoms with Gasteiger partial charge in [-0.3, -0.25) is 24.0 Å². The number of para-hydroxylation sites is 1. The van der Waals surface area contributed by atoms with Crippen molar-refractivity contribution in [2.75, 3.05) is 41.0 Å². The Morgan fingerprint density at radius 2 is 1.75 bits per heavy atom. The number of hydrogen-bond donors (Lipinski definition) is 2. The van der Waals surface area contributed by atoms with Gasteiger partial charge in [-0.05, 0) is 55.6 Å². The van der Waals surface area contributed by atoms with Crippen molar-refractivity contribution in [3.05, 3.63) is 36.0 Å². The lowest BCUT2D eigenvalue weighted by Crippen LogP contribution is -2.56. The van der Waals surface area contributed by atoms with E-state index in [0.29, 0.717) is 32.5 Å². The van der Waals surface area contributed by atoms with Crippen LogP contribution < -0.4 is 5.73 Å². The number of Topliss-reactive ketones (excluding diaryl/α,β-unsaturated/α-hetero) is 1. The topological polar surface area (TPSA) is 148 Å². The summed E-state index contributed by atoms with van der Waals surface area (Å²) in [6, 6.07) is 6.61. The van der Waals surface area contributed by atoms with Gasteiger partial charge in [-0.1, -0.05) is 59.2 Å². The van der Waals surface area contributed by atoms with Crippen molar-refractivity contribution in [3.63, 3.8) is 0 Å². The number of carbonyl (C=O) groups is 4. The summed E-state index contributed by atoms with van der Waals surface area (Å²) < 4.78 is 12.0. The number of likely N-dealkylation sites (tertiary alicyclic amines) is 1. The minimum absolute atomic E-state index is 0.0289. The van der Waals surface area contributed by atoms with E-state index >= 15 is 0 Å². The molecule has 2 aromatic rings. The number of hydrogen-bond acceptors (Lipinski definition) is 8. The van der Waals surface area contributed by atoms with Gasteiger partial charge in [0.15, 0.2) is 0 Å². The minimum atomic E-state index is -0.654. The Labute approximate surface area is 310 Å². The van der Waals surface area contributed by atoms with Gasteiger partial charge in [0.2, 0.25) is 17.7 Å². The lowest BCUT2D eigenvalue weighted by Gasteiger charge is -2.40. The van der Waals surface area contributed by atoms with Gasteiger partial charge in [0.05, 0.1) is 49.3 Å². The van der Waals surface area contributed by atoms with Crippen molar-refractivity contribution >= 4 is 34.4 Å². The molecule has 3 heterocycles. The van der Waals surface area contributed by atoms with Crippen molar-refractivity contribution in [2.45, 2.75) is 116 Å². The highest BCUT2D eigenvalue weighted by atomic mass is 16.7. The normalized spacial score (nSPS) is 20.7. The number of nitrogens with zero attached hydrogens (tertiary/aromatic N) is 3. The Morgan fingerprint density at radius 3 is 2.38 bits per heavy atom. The summed E-state index contributed by atoms with van der Waals surface area (Å²) in [5, 5.41) is 2.46. The van der Waals surface area contributed by atoms with Crippen molar-refractivity contribution in [2.24, 2.45) is 29.4 Å². The van der Waals surface area contributed by atoms with E-state index in [4.69, 9.17) is 20.0 Å². The Morgan fingerprint density at radius 1 is 1.02 bits per heavy atom. The van der Waals surface area contributed by atoms with Crippen LogP contribution in [0.2, 0.25) is 0 Å². The first kappa shape index (κ1) is 41.4. The van der Waals surface area contributed by atoms with E-state index in [1.807, 2.05) is 56.1 Å². The predicted molar refractivity (Wildman–Crippen MR) is 201 cm³/mol. The molecule has 2 fully saturated rings. The molecule has 2 aliphatic heterocycles. The van der Waals surface area contributed by atoms with E-state index in [1.165, 1.54) is 5.06 Å². The Bertz CT molecular complexity index is 1490. The van der Waals surface area contributed by atoms with Gasteiger partial charge >= 0.3 is 0 Å². The average Bonchev–Trinajstić information content (AvgIpc) is 3.81. The molecule has 3 amide bonds. The van der Waals surface area contributed by atoms with E-state index in [9.17, 15) is 19.2 Å². The molecule has 52 heavy (non-hydrogen) atoms. The lowest BCUT2D eigenvalue weighted by molar-refractivity contribution is -0.201. The molecule has 0 unspecified atom stereocenters. The van der Waals surface area contributed by atoms with Crippen LogP contribution in [0.5, 0.6) is 0 Å². The summed E-state index contributed by atoms with van der Waals surface area (Å²) in [5.41, 5.74) is 8.22. The number of H-pyrrole nitrogens is 1. The number of nitrogens with two attached hydrogens (primary N) is 1. The lowest BCUT2D eigenvalue weighted by atomic mass is 9.85. The molecule has 4 rings (SSSR count). The van der Waals surface area contributed by atoms with Gasteiger partial charge < -0.3 is 30.0 Å². The van der Waals surface area contributed by atoms with Crippen LogP contribution in [0.25, 0.3) is 10.9 Å². The number of carbonyl (C=O) groups excluding carboxylic acids is 4. The Hall–Kier alpha value is -3.32. The van der Waals surface area contributed by atoms with Crippen LogP contribution in [0.1, 0.15) is 85.1 Å². The molecular weight excluding hydrogens is 662 g/mol. The van der Waals surface area contributed by atoms with Crippen LogP contribution in [0, 0.1) is 23.7 Å². The maximum atomic E-state index is 14.2. The highest BCUT2D eigenvalue weighted by molar-refractivity contribution is 5.89. The number of aromatic amines is 1. The van der Waals surface area contributed by atoms with Crippen LogP contribution in [-0.4, -0.2) is 115 Å². The third-order valence-corrected chi connectivity index (χ3v) is 11.5. The number of rotatable bonds is 18. The summed E-state index contributed by atoms with van der Waals surface area (Å²) >= 11 is 0. The molecule has 0 spiro atoms. The monoisotopic (exact) mass is 725 g/mol. The van der Waals surface area contributed by atoms with E-state index in [1.54, 1.807) is 26.2 Å². The van der Waals surface area contributed by atoms with Gasteiger partial charge in [-0.15, -0.1) is 0 Å². The maximum Gasteiger partial charge on any atom is 0.250 e. The predicted octanol–water partition coefficient (Wildman–Crippen LogP) is 4.74. The molecule has 0 saturated carbocycles. The number of hydroxylamine groups is 2. The second-order valence-electron chi connectivity index (χ2n) is 15.3. The van der Waals surface area contributed by atoms with E-state index in [2.05, 4.69) is 18.8 Å². The van der Waals surface area contributed by atoms with Gasteiger partial charge in [0, 0.05) is 63.8 Å². The van der Waals surface area contributed by atoms with Crippen molar-refractivity contribution in [3.8, 4) is 0 Å². The number of ketones is 1. The molecule has 2 saturated heterocycles. The number of amides is 3. The zero-order valence-corrected chi connectivity index (χ0v) is 32.6. The first-order valence-electron chi connectivity index (χ1n) is 19.2. The zero-order chi connectivity index (χ0) is 38.1. The molecule has 0 radical (unpaired) electrons. The summed E-state index contributed by atoms with van der Waals surface area (Å²) in [4.78, 5) is 68.1. The number of nitrogens with one attached hydrogen (secondary N) is 1. The van der Waals surface area contributed by atoms with Crippen molar-refractivity contribution in [1.82, 2.24) is 19.8 Å². The van der Waals surface area contributed by atoms with Gasteiger partial charge in [-0.2, -0.15) is 0 Å². The van der Waals surface area contributed by atoms with Crippen LogP contribution in [0.4, 0.5) is 0 Å². The number of methoxy groups -OCH3 is 2. The SMILES string of the molecule is CC[C@H](C)[C@@H]([C@@H](CC(=O)N1CCC[C@H]1[C@H](OC)[C@@H](C)C(=O)C[C@@H](Cc1c[nH]c2ccccc12)C(=O)N1CCCCO1)OC)N(C)C(=O)[C@@H](N)C(C)C. The molecule has 0 aliphatic carbocycles.